The summed E-state index contributed by atoms with van der Waals surface area (Å²) in [6.07, 6.45) is 0. The summed E-state index contributed by atoms with van der Waals surface area (Å²) in [6.45, 7) is 4.19. The molecule has 0 aliphatic carbocycles. The van der Waals surface area contributed by atoms with Crippen molar-refractivity contribution in [3.63, 3.8) is 0 Å². The summed E-state index contributed by atoms with van der Waals surface area (Å²) in [5.41, 5.74) is 0.940. The van der Waals surface area contributed by atoms with Crippen molar-refractivity contribution in [1.82, 2.24) is 10.2 Å². The number of carbonyl (C=O) groups is 2. The maximum absolute atomic E-state index is 12.8. The highest BCUT2D eigenvalue weighted by molar-refractivity contribution is 6.32. The fourth-order valence-electron chi connectivity index (χ4n) is 2.47. The number of amides is 2. The van der Waals surface area contributed by atoms with Gasteiger partial charge in [0.25, 0.3) is 5.91 Å². The third-order valence-electron chi connectivity index (χ3n) is 3.90. The Morgan fingerprint density at radius 1 is 1.12 bits per heavy atom. The third-order valence-corrected chi connectivity index (χ3v) is 4.21. The van der Waals surface area contributed by atoms with E-state index in [9.17, 15) is 9.59 Å². The van der Waals surface area contributed by atoms with Crippen LogP contribution in [0, 0.1) is 0 Å². The predicted molar refractivity (Wildman–Crippen MR) is 102 cm³/mol. The Kier molecular flexibility index (Phi) is 7.48. The van der Waals surface area contributed by atoms with Gasteiger partial charge in [0, 0.05) is 13.1 Å². The second kappa shape index (κ2) is 9.82. The quantitative estimate of drug-likeness (QED) is 0.771. The molecule has 0 bridgehead atoms. The summed E-state index contributed by atoms with van der Waals surface area (Å²) in [5, 5.41) is 3.19. The van der Waals surface area contributed by atoms with Crippen molar-refractivity contribution in [3.8, 4) is 5.75 Å². The number of halogens is 1. The van der Waals surface area contributed by atoms with Crippen LogP contribution in [0.3, 0.4) is 0 Å². The van der Waals surface area contributed by atoms with Crippen molar-refractivity contribution in [2.75, 3.05) is 13.2 Å². The van der Waals surface area contributed by atoms with Crippen LogP contribution in [0.2, 0.25) is 5.02 Å². The van der Waals surface area contributed by atoms with Crippen LogP contribution in [0.15, 0.2) is 54.6 Å². The van der Waals surface area contributed by atoms with Gasteiger partial charge in [-0.2, -0.15) is 0 Å². The first-order valence-corrected chi connectivity index (χ1v) is 8.89. The molecule has 1 atom stereocenters. The first-order chi connectivity index (χ1) is 12.5. The largest absolute Gasteiger partial charge is 0.482 e. The van der Waals surface area contributed by atoms with Gasteiger partial charge in [0.2, 0.25) is 5.91 Å². The molecule has 0 spiro atoms. The first-order valence-electron chi connectivity index (χ1n) is 8.51. The van der Waals surface area contributed by atoms with Crippen LogP contribution in [0.5, 0.6) is 5.75 Å². The van der Waals surface area contributed by atoms with Crippen molar-refractivity contribution in [2.45, 2.75) is 26.4 Å². The maximum Gasteiger partial charge on any atom is 0.261 e. The summed E-state index contributed by atoms with van der Waals surface area (Å²) in [4.78, 5) is 26.5. The first kappa shape index (κ1) is 19.8. The van der Waals surface area contributed by atoms with E-state index in [1.54, 1.807) is 31.2 Å². The standard InChI is InChI=1S/C20H23ClN2O3/c1-3-22-20(25)15(2)23(13-16-9-5-4-6-10-16)19(24)14-26-18-12-8-7-11-17(18)21/h4-12,15H,3,13-14H2,1-2H3,(H,22,25)/t15-/m0/s1. The van der Waals surface area contributed by atoms with Crippen LogP contribution in [0.25, 0.3) is 0 Å². The number of para-hydroxylation sites is 1. The Hall–Kier alpha value is -2.53. The Morgan fingerprint density at radius 2 is 1.77 bits per heavy atom. The Labute approximate surface area is 158 Å². The van der Waals surface area contributed by atoms with Crippen molar-refractivity contribution in [2.24, 2.45) is 0 Å². The van der Waals surface area contributed by atoms with Gasteiger partial charge in [0.1, 0.15) is 11.8 Å². The summed E-state index contributed by atoms with van der Waals surface area (Å²) in [6, 6.07) is 15.9. The lowest BCUT2D eigenvalue weighted by Crippen LogP contribution is -2.49. The van der Waals surface area contributed by atoms with Gasteiger partial charge in [-0.1, -0.05) is 54.1 Å². The molecule has 2 amide bonds. The van der Waals surface area contributed by atoms with E-state index in [0.29, 0.717) is 23.9 Å². The van der Waals surface area contributed by atoms with Crippen molar-refractivity contribution in [3.05, 3.63) is 65.2 Å². The number of nitrogens with zero attached hydrogens (tertiary/aromatic N) is 1. The highest BCUT2D eigenvalue weighted by Gasteiger charge is 2.26. The molecule has 2 aromatic carbocycles. The minimum Gasteiger partial charge on any atom is -0.482 e. The molecule has 0 saturated carbocycles. The molecule has 0 radical (unpaired) electrons. The molecule has 6 heteroatoms. The van der Waals surface area contributed by atoms with Gasteiger partial charge in [0.15, 0.2) is 6.61 Å². The van der Waals surface area contributed by atoms with Crippen LogP contribution < -0.4 is 10.1 Å². The van der Waals surface area contributed by atoms with E-state index < -0.39 is 6.04 Å². The normalized spacial score (nSPS) is 11.5. The zero-order chi connectivity index (χ0) is 18.9. The number of likely N-dealkylation sites (N-methyl/N-ethyl adjacent to an activating group) is 1. The van der Waals surface area contributed by atoms with Gasteiger partial charge in [-0.3, -0.25) is 9.59 Å². The van der Waals surface area contributed by atoms with Crippen LogP contribution in [0.1, 0.15) is 19.4 Å². The highest BCUT2D eigenvalue weighted by atomic mass is 35.5. The van der Waals surface area contributed by atoms with Crippen molar-refractivity contribution < 1.29 is 14.3 Å². The summed E-state index contributed by atoms with van der Waals surface area (Å²) in [5.74, 6) is -0.0464. The fraction of sp³-hybridized carbons (Fsp3) is 0.300. The Morgan fingerprint density at radius 3 is 2.42 bits per heavy atom. The number of benzene rings is 2. The van der Waals surface area contributed by atoms with Crippen molar-refractivity contribution in [1.29, 1.82) is 0 Å². The molecule has 138 valence electrons. The molecule has 0 aromatic heterocycles. The third kappa shape index (κ3) is 5.49. The number of hydrogen-bond donors (Lipinski definition) is 1. The number of carbonyl (C=O) groups excluding carboxylic acids is 2. The van der Waals surface area contributed by atoms with Gasteiger partial charge in [-0.25, -0.2) is 0 Å². The maximum atomic E-state index is 12.8. The average molecular weight is 375 g/mol. The minimum atomic E-state index is -0.613. The summed E-state index contributed by atoms with van der Waals surface area (Å²) >= 11 is 6.06. The number of rotatable bonds is 8. The number of hydrogen-bond acceptors (Lipinski definition) is 3. The Bertz CT molecular complexity index is 737. The molecule has 0 saturated heterocycles. The monoisotopic (exact) mass is 374 g/mol. The van der Waals surface area contributed by atoms with E-state index in [0.717, 1.165) is 5.56 Å². The summed E-state index contributed by atoms with van der Waals surface area (Å²) in [7, 11) is 0. The van der Waals surface area contributed by atoms with Gasteiger partial charge >= 0.3 is 0 Å². The molecule has 0 fully saturated rings. The molecule has 0 aliphatic rings. The van der Waals surface area contributed by atoms with Crippen LogP contribution >= 0.6 is 11.6 Å². The second-order valence-corrected chi connectivity index (χ2v) is 6.20. The molecule has 2 aromatic rings. The SMILES string of the molecule is CCNC(=O)[C@H](C)N(Cc1ccccc1)C(=O)COc1ccccc1Cl. The van der Waals surface area contributed by atoms with Gasteiger partial charge in [-0.05, 0) is 31.5 Å². The molecule has 0 unspecified atom stereocenters. The van der Waals surface area contributed by atoms with E-state index in [1.807, 2.05) is 37.3 Å². The van der Waals surface area contributed by atoms with Crippen LogP contribution in [-0.4, -0.2) is 35.9 Å². The molecular formula is C20H23ClN2O3. The topological polar surface area (TPSA) is 58.6 Å². The van der Waals surface area contributed by atoms with E-state index in [1.165, 1.54) is 4.90 Å². The number of ether oxygens (including phenoxy) is 1. The number of nitrogens with one attached hydrogen (secondary N) is 1. The van der Waals surface area contributed by atoms with Crippen LogP contribution in [-0.2, 0) is 16.1 Å². The lowest BCUT2D eigenvalue weighted by atomic mass is 10.1. The minimum absolute atomic E-state index is 0.194. The highest BCUT2D eigenvalue weighted by Crippen LogP contribution is 2.23. The van der Waals surface area contributed by atoms with Crippen molar-refractivity contribution >= 4 is 23.4 Å². The van der Waals surface area contributed by atoms with E-state index in [-0.39, 0.29) is 18.4 Å². The zero-order valence-corrected chi connectivity index (χ0v) is 15.7. The molecule has 26 heavy (non-hydrogen) atoms. The van der Waals surface area contributed by atoms with Crippen LogP contribution in [0.4, 0.5) is 0 Å². The molecule has 1 N–H and O–H groups in total. The predicted octanol–water partition coefficient (Wildman–Crippen LogP) is 3.27. The lowest BCUT2D eigenvalue weighted by Gasteiger charge is -2.28. The van der Waals surface area contributed by atoms with Gasteiger partial charge < -0.3 is 15.0 Å². The Balaban J connectivity index is 2.12. The smallest absolute Gasteiger partial charge is 0.261 e. The molecule has 0 heterocycles. The van der Waals surface area contributed by atoms with E-state index in [2.05, 4.69) is 5.32 Å². The van der Waals surface area contributed by atoms with Gasteiger partial charge in [0.05, 0.1) is 5.02 Å². The zero-order valence-electron chi connectivity index (χ0n) is 14.9. The van der Waals surface area contributed by atoms with Gasteiger partial charge in [-0.15, -0.1) is 0 Å². The lowest BCUT2D eigenvalue weighted by molar-refractivity contribution is -0.142. The fourth-order valence-corrected chi connectivity index (χ4v) is 2.66. The molecule has 0 aliphatic heterocycles. The van der Waals surface area contributed by atoms with E-state index >= 15 is 0 Å². The summed E-state index contributed by atoms with van der Waals surface area (Å²) < 4.78 is 5.55. The molecular weight excluding hydrogens is 352 g/mol. The average Bonchev–Trinajstić information content (AvgIpc) is 2.65. The second-order valence-electron chi connectivity index (χ2n) is 5.80. The molecule has 5 nitrogen and oxygen atoms in total. The van der Waals surface area contributed by atoms with E-state index in [4.69, 9.17) is 16.3 Å². The molecule has 2 rings (SSSR count).